The molecule has 1 rings (SSSR count). The Balaban J connectivity index is 0.00000101. The molecule has 1 aromatic rings. The summed E-state index contributed by atoms with van der Waals surface area (Å²) in [6.07, 6.45) is 19.5. The van der Waals surface area contributed by atoms with Gasteiger partial charge in [-0.05, 0) is 37.8 Å². The number of hydrogen-bond acceptors (Lipinski definition) is 6. The molecule has 0 saturated heterocycles. The van der Waals surface area contributed by atoms with E-state index in [1.54, 1.807) is 24.3 Å². The molecule has 2 N–H and O–H groups in total. The van der Waals surface area contributed by atoms with Gasteiger partial charge in [-0.15, -0.1) is 0 Å². The van der Waals surface area contributed by atoms with Gasteiger partial charge in [0.1, 0.15) is 0 Å². The molecule has 0 bridgehead atoms. The Morgan fingerprint density at radius 3 is 1.14 bits per heavy atom. The predicted octanol–water partition coefficient (Wildman–Crippen LogP) is 9.00. The molecule has 0 atom stereocenters. The van der Waals surface area contributed by atoms with Crippen LogP contribution in [0.3, 0.4) is 0 Å². The monoisotopic (exact) mass is 592 g/mol. The maximum atomic E-state index is 12.4. The highest BCUT2D eigenvalue weighted by Gasteiger charge is 2.18. The van der Waals surface area contributed by atoms with Crippen LogP contribution in [0.1, 0.15) is 163 Å². The molecule has 0 heterocycles. The number of carbonyl (C=O) groups is 4. The van der Waals surface area contributed by atoms with Crippen molar-refractivity contribution in [2.45, 2.75) is 142 Å². The average molecular weight is 593 g/mol. The molecule has 0 radical (unpaired) electrons. The van der Waals surface area contributed by atoms with Crippen LogP contribution in [0.25, 0.3) is 0 Å². The SMILES string of the molecule is CCCCCCCCOC(=O)c1ccccc1C(=O)OCCCCCCCC.O=C(O)CCCCCCCCC(=O)O. The Morgan fingerprint density at radius 2 is 0.810 bits per heavy atom. The van der Waals surface area contributed by atoms with Crippen molar-refractivity contribution in [3.63, 3.8) is 0 Å². The van der Waals surface area contributed by atoms with Gasteiger partial charge >= 0.3 is 23.9 Å². The summed E-state index contributed by atoms with van der Waals surface area (Å²) in [5.74, 6) is -2.37. The second-order valence-electron chi connectivity index (χ2n) is 10.8. The zero-order chi connectivity index (χ0) is 31.3. The fourth-order valence-electron chi connectivity index (χ4n) is 4.35. The number of hydrogen-bond donors (Lipinski definition) is 2. The lowest BCUT2D eigenvalue weighted by Gasteiger charge is -2.10. The van der Waals surface area contributed by atoms with Gasteiger partial charge in [-0.1, -0.05) is 116 Å². The highest BCUT2D eigenvalue weighted by molar-refractivity contribution is 6.03. The molecule has 0 saturated carbocycles. The highest BCUT2D eigenvalue weighted by atomic mass is 16.5. The minimum absolute atomic E-state index is 0.245. The zero-order valence-electron chi connectivity index (χ0n) is 26.2. The molecule has 0 spiro atoms. The van der Waals surface area contributed by atoms with Crippen molar-refractivity contribution in [2.75, 3.05) is 13.2 Å². The first-order valence-corrected chi connectivity index (χ1v) is 16.2. The lowest BCUT2D eigenvalue weighted by atomic mass is 10.1. The molecule has 1 aromatic carbocycles. The first kappa shape index (κ1) is 39.1. The normalized spacial score (nSPS) is 10.4. The lowest BCUT2D eigenvalue weighted by Crippen LogP contribution is -2.15. The second kappa shape index (κ2) is 28.2. The van der Waals surface area contributed by atoms with Crippen molar-refractivity contribution in [1.82, 2.24) is 0 Å². The molecular formula is C34H56O8. The predicted molar refractivity (Wildman–Crippen MR) is 166 cm³/mol. The van der Waals surface area contributed by atoms with Crippen LogP contribution in [-0.2, 0) is 19.1 Å². The van der Waals surface area contributed by atoms with Crippen LogP contribution in [0, 0.1) is 0 Å². The summed E-state index contributed by atoms with van der Waals surface area (Å²) >= 11 is 0. The van der Waals surface area contributed by atoms with E-state index in [0.29, 0.717) is 24.3 Å². The Bertz CT molecular complexity index is 783. The van der Waals surface area contributed by atoms with Crippen LogP contribution in [0.4, 0.5) is 0 Å². The fourth-order valence-corrected chi connectivity index (χ4v) is 4.35. The standard InChI is InChI=1S/C24H38O4.C10H18O4/c1-3-5-7-9-11-15-19-27-23(25)21-17-13-14-18-22(21)24(26)28-20-16-12-10-8-6-4-2;11-9(12)7-5-3-1-2-4-6-8-10(13)14/h13-14,17-18H,3-12,15-16,19-20H2,1-2H3;1-8H2,(H,11,12)(H,13,14). The largest absolute Gasteiger partial charge is 0.481 e. The van der Waals surface area contributed by atoms with Crippen LogP contribution in [0.2, 0.25) is 0 Å². The van der Waals surface area contributed by atoms with Gasteiger partial charge in [-0.3, -0.25) is 9.59 Å². The number of carbonyl (C=O) groups excluding carboxylic acids is 2. The van der Waals surface area contributed by atoms with Gasteiger partial charge in [0.2, 0.25) is 0 Å². The Labute approximate surface area is 253 Å². The minimum atomic E-state index is -0.740. The molecule has 8 heteroatoms. The molecule has 0 aliphatic heterocycles. The van der Waals surface area contributed by atoms with E-state index >= 15 is 0 Å². The molecule has 0 unspecified atom stereocenters. The quantitative estimate of drug-likeness (QED) is 0.0850. The maximum absolute atomic E-state index is 12.4. The Kier molecular flexibility index (Phi) is 26.3. The smallest absolute Gasteiger partial charge is 0.339 e. The third kappa shape index (κ3) is 23.8. The maximum Gasteiger partial charge on any atom is 0.339 e. The number of unbranched alkanes of at least 4 members (excludes halogenated alkanes) is 15. The minimum Gasteiger partial charge on any atom is -0.481 e. The topological polar surface area (TPSA) is 127 Å². The van der Waals surface area contributed by atoms with E-state index in [2.05, 4.69) is 13.8 Å². The van der Waals surface area contributed by atoms with Crippen LogP contribution >= 0.6 is 0 Å². The van der Waals surface area contributed by atoms with E-state index in [1.165, 1.54) is 51.4 Å². The Hall–Kier alpha value is -2.90. The summed E-state index contributed by atoms with van der Waals surface area (Å²) in [6, 6.07) is 6.74. The van der Waals surface area contributed by atoms with E-state index < -0.39 is 23.9 Å². The molecule has 0 aromatic heterocycles. The molecule has 8 nitrogen and oxygen atoms in total. The molecule has 0 aliphatic rings. The van der Waals surface area contributed by atoms with Gasteiger partial charge in [0, 0.05) is 12.8 Å². The second-order valence-corrected chi connectivity index (χ2v) is 10.8. The van der Waals surface area contributed by atoms with Gasteiger partial charge in [0.15, 0.2) is 0 Å². The fraction of sp³-hybridized carbons (Fsp3) is 0.706. The number of esters is 2. The van der Waals surface area contributed by atoms with E-state index in [4.69, 9.17) is 19.7 Å². The van der Waals surface area contributed by atoms with Crippen LogP contribution in [0.15, 0.2) is 24.3 Å². The van der Waals surface area contributed by atoms with Crippen molar-refractivity contribution < 1.29 is 38.9 Å². The van der Waals surface area contributed by atoms with E-state index in [0.717, 1.165) is 64.2 Å². The molecule has 240 valence electrons. The van der Waals surface area contributed by atoms with Gasteiger partial charge in [0.05, 0.1) is 24.3 Å². The van der Waals surface area contributed by atoms with Gasteiger partial charge < -0.3 is 19.7 Å². The number of aliphatic carboxylic acids is 2. The summed E-state index contributed by atoms with van der Waals surface area (Å²) in [5.41, 5.74) is 0.586. The molecular weight excluding hydrogens is 536 g/mol. The van der Waals surface area contributed by atoms with Crippen LogP contribution < -0.4 is 0 Å². The van der Waals surface area contributed by atoms with Crippen LogP contribution in [0.5, 0.6) is 0 Å². The van der Waals surface area contributed by atoms with E-state index in [9.17, 15) is 19.2 Å². The van der Waals surface area contributed by atoms with Crippen molar-refractivity contribution >= 4 is 23.9 Å². The summed E-state index contributed by atoms with van der Waals surface area (Å²) in [5, 5.41) is 16.7. The van der Waals surface area contributed by atoms with Crippen molar-refractivity contribution in [3.05, 3.63) is 35.4 Å². The summed E-state index contributed by atoms with van der Waals surface area (Å²) in [4.78, 5) is 45.0. The summed E-state index contributed by atoms with van der Waals surface area (Å²) in [6.45, 7) is 5.17. The van der Waals surface area contributed by atoms with Gasteiger partial charge in [0.25, 0.3) is 0 Å². The number of rotatable bonds is 25. The van der Waals surface area contributed by atoms with Crippen molar-refractivity contribution in [1.29, 1.82) is 0 Å². The highest BCUT2D eigenvalue weighted by Crippen LogP contribution is 2.14. The van der Waals surface area contributed by atoms with Crippen LogP contribution in [-0.4, -0.2) is 47.3 Å². The molecule has 0 fully saturated rings. The first-order valence-electron chi connectivity index (χ1n) is 16.2. The van der Waals surface area contributed by atoms with Gasteiger partial charge in [-0.25, -0.2) is 9.59 Å². The summed E-state index contributed by atoms with van der Waals surface area (Å²) < 4.78 is 10.7. The average Bonchev–Trinajstić information content (AvgIpc) is 2.97. The zero-order valence-corrected chi connectivity index (χ0v) is 26.2. The number of benzene rings is 1. The number of carboxylic acid groups (broad SMARTS) is 2. The van der Waals surface area contributed by atoms with Gasteiger partial charge in [-0.2, -0.15) is 0 Å². The lowest BCUT2D eigenvalue weighted by molar-refractivity contribution is -0.138. The third-order valence-corrected chi connectivity index (χ3v) is 6.86. The van der Waals surface area contributed by atoms with E-state index in [1.807, 2.05) is 0 Å². The first-order chi connectivity index (χ1) is 20.3. The van der Waals surface area contributed by atoms with E-state index in [-0.39, 0.29) is 12.8 Å². The molecule has 0 aliphatic carbocycles. The third-order valence-electron chi connectivity index (χ3n) is 6.86. The summed E-state index contributed by atoms with van der Waals surface area (Å²) in [7, 11) is 0. The number of carboxylic acids is 2. The molecule has 42 heavy (non-hydrogen) atoms. The number of ether oxygens (including phenoxy) is 2. The van der Waals surface area contributed by atoms with Crippen molar-refractivity contribution in [3.8, 4) is 0 Å². The van der Waals surface area contributed by atoms with Crippen molar-refractivity contribution in [2.24, 2.45) is 0 Å². The Morgan fingerprint density at radius 1 is 0.500 bits per heavy atom. The molecule has 0 amide bonds.